The van der Waals surface area contributed by atoms with Crippen molar-refractivity contribution in [3.8, 4) is 0 Å². The van der Waals surface area contributed by atoms with Crippen molar-refractivity contribution in [2.24, 2.45) is 0 Å². The van der Waals surface area contributed by atoms with E-state index in [9.17, 15) is 4.79 Å². The predicted molar refractivity (Wildman–Crippen MR) is 57.1 cm³/mol. The van der Waals surface area contributed by atoms with Crippen molar-refractivity contribution in [2.75, 3.05) is 0 Å². The molecule has 1 unspecified atom stereocenters. The summed E-state index contributed by atoms with van der Waals surface area (Å²) >= 11 is 0. The molecule has 0 saturated heterocycles. The molecular weight excluding hydrogens is 188 g/mol. The summed E-state index contributed by atoms with van der Waals surface area (Å²) in [6.07, 6.45) is 9.67. The molecule has 0 heterocycles. The van der Waals surface area contributed by atoms with E-state index in [4.69, 9.17) is 4.74 Å². The number of rotatable bonds is 2. The van der Waals surface area contributed by atoms with Crippen LogP contribution in [0, 0.1) is 0 Å². The monoisotopic (exact) mass is 200 g/mol. The van der Waals surface area contributed by atoms with Crippen LogP contribution in [0.2, 0.25) is 0 Å². The number of hydrogen-bond acceptors (Lipinski definition) is 2. The smallest absolute Gasteiger partial charge is 0.306 e. The van der Waals surface area contributed by atoms with Gasteiger partial charge in [-0.25, -0.2) is 0 Å². The number of carbonyl (C=O) groups is 1. The van der Waals surface area contributed by atoms with Crippen LogP contribution in [0.15, 0.2) is 46.6 Å². The van der Waals surface area contributed by atoms with E-state index in [0.29, 0.717) is 6.42 Å². The zero-order chi connectivity index (χ0) is 10.4. The van der Waals surface area contributed by atoms with Crippen LogP contribution in [-0.2, 0) is 9.53 Å². The van der Waals surface area contributed by atoms with Crippen molar-refractivity contribution in [2.45, 2.75) is 25.9 Å². The number of ether oxygens (including phenoxy) is 1. The molecule has 0 N–H and O–H groups in total. The van der Waals surface area contributed by atoms with Gasteiger partial charge in [0.15, 0.2) is 0 Å². The van der Waals surface area contributed by atoms with Crippen molar-refractivity contribution < 1.29 is 9.53 Å². The normalized spacial score (nSPS) is 25.5. The van der Waals surface area contributed by atoms with Crippen molar-refractivity contribution in [1.82, 2.24) is 0 Å². The maximum atomic E-state index is 11.2. The lowest BCUT2D eigenvalue weighted by molar-refractivity contribution is -0.144. The van der Waals surface area contributed by atoms with Crippen LogP contribution in [0.25, 0.3) is 0 Å². The second kappa shape index (κ2) is 2.96. The van der Waals surface area contributed by atoms with Gasteiger partial charge >= 0.3 is 5.97 Å². The van der Waals surface area contributed by atoms with Gasteiger partial charge < -0.3 is 4.74 Å². The fourth-order valence-corrected chi connectivity index (χ4v) is 2.38. The molecule has 0 amide bonds. The Morgan fingerprint density at radius 2 is 2.20 bits per heavy atom. The third-order valence-corrected chi connectivity index (χ3v) is 3.12. The lowest BCUT2D eigenvalue weighted by Crippen LogP contribution is -2.16. The van der Waals surface area contributed by atoms with Gasteiger partial charge in [-0.3, -0.25) is 4.79 Å². The molecule has 2 bridgehead atoms. The summed E-state index contributed by atoms with van der Waals surface area (Å²) in [6, 6.07) is 0. The average molecular weight is 200 g/mol. The number of allylic oxidation sites excluding steroid dienone is 5. The van der Waals surface area contributed by atoms with Crippen LogP contribution in [0.4, 0.5) is 0 Å². The first-order chi connectivity index (χ1) is 7.29. The molecule has 0 aliphatic heterocycles. The summed E-state index contributed by atoms with van der Waals surface area (Å²) in [6.45, 7) is 1.82. The molecule has 0 fully saturated rings. The molecule has 3 rings (SSSR count). The zero-order valence-electron chi connectivity index (χ0n) is 8.62. The first-order valence-electron chi connectivity index (χ1n) is 5.32. The molecule has 0 radical (unpaired) electrons. The van der Waals surface area contributed by atoms with Gasteiger partial charge in [0.1, 0.15) is 6.10 Å². The minimum absolute atomic E-state index is 0.129. The van der Waals surface area contributed by atoms with Crippen molar-refractivity contribution >= 4 is 5.97 Å². The molecule has 2 nitrogen and oxygen atoms in total. The van der Waals surface area contributed by atoms with E-state index in [-0.39, 0.29) is 12.1 Å². The molecule has 1 atom stereocenters. The van der Waals surface area contributed by atoms with Gasteiger partial charge in [-0.15, -0.1) is 0 Å². The van der Waals surface area contributed by atoms with E-state index >= 15 is 0 Å². The third kappa shape index (κ3) is 1.14. The summed E-state index contributed by atoms with van der Waals surface area (Å²) in [5.41, 5.74) is 5.18. The maximum Gasteiger partial charge on any atom is 0.306 e. The van der Waals surface area contributed by atoms with Gasteiger partial charge in [0, 0.05) is 12.0 Å². The first kappa shape index (κ1) is 8.72. The van der Waals surface area contributed by atoms with Crippen LogP contribution < -0.4 is 0 Å². The molecule has 2 heteroatoms. The first-order valence-corrected chi connectivity index (χ1v) is 5.32. The van der Waals surface area contributed by atoms with Gasteiger partial charge in [-0.05, 0) is 29.2 Å². The van der Waals surface area contributed by atoms with Crippen molar-refractivity contribution in [3.05, 3.63) is 46.6 Å². The SMILES string of the molecule is CCC(=O)OC1C=CC2=C3C=CC(=C21)C3. The van der Waals surface area contributed by atoms with Crippen LogP contribution in [0.3, 0.4) is 0 Å². The Labute approximate surface area is 88.6 Å². The van der Waals surface area contributed by atoms with E-state index < -0.39 is 0 Å². The lowest BCUT2D eigenvalue weighted by Gasteiger charge is -2.14. The molecule has 15 heavy (non-hydrogen) atoms. The van der Waals surface area contributed by atoms with E-state index in [2.05, 4.69) is 18.2 Å². The van der Waals surface area contributed by atoms with Crippen LogP contribution in [0.1, 0.15) is 19.8 Å². The van der Waals surface area contributed by atoms with Crippen molar-refractivity contribution in [1.29, 1.82) is 0 Å². The van der Waals surface area contributed by atoms with Gasteiger partial charge in [-0.2, -0.15) is 0 Å². The molecule has 0 aromatic heterocycles. The molecule has 0 spiro atoms. The Kier molecular flexibility index (Phi) is 1.72. The van der Waals surface area contributed by atoms with Gasteiger partial charge in [0.25, 0.3) is 0 Å². The topological polar surface area (TPSA) is 26.3 Å². The summed E-state index contributed by atoms with van der Waals surface area (Å²) < 4.78 is 5.38. The Balaban J connectivity index is 1.91. The summed E-state index contributed by atoms with van der Waals surface area (Å²) in [5, 5.41) is 0. The number of fused-ring (bicyclic) bond motifs is 3. The van der Waals surface area contributed by atoms with E-state index in [1.54, 1.807) is 0 Å². The zero-order valence-corrected chi connectivity index (χ0v) is 8.62. The molecule has 0 aromatic carbocycles. The lowest BCUT2D eigenvalue weighted by atomic mass is 10.0. The largest absolute Gasteiger partial charge is 0.453 e. The maximum absolute atomic E-state index is 11.2. The minimum Gasteiger partial charge on any atom is -0.453 e. The Morgan fingerprint density at radius 3 is 3.00 bits per heavy atom. The van der Waals surface area contributed by atoms with Crippen LogP contribution in [0.5, 0.6) is 0 Å². The summed E-state index contributed by atoms with van der Waals surface area (Å²) in [4.78, 5) is 11.2. The second-order valence-electron chi connectivity index (χ2n) is 4.01. The van der Waals surface area contributed by atoms with Gasteiger partial charge in [-0.1, -0.05) is 25.2 Å². The summed E-state index contributed by atoms with van der Waals surface area (Å²) in [7, 11) is 0. The van der Waals surface area contributed by atoms with Gasteiger partial charge in [0.05, 0.1) is 0 Å². The molecule has 3 aliphatic carbocycles. The fraction of sp³-hybridized carbons (Fsp3) is 0.308. The minimum atomic E-state index is -0.134. The van der Waals surface area contributed by atoms with Crippen molar-refractivity contribution in [3.63, 3.8) is 0 Å². The van der Waals surface area contributed by atoms with E-state index in [1.807, 2.05) is 13.0 Å². The molecule has 0 saturated carbocycles. The molecule has 0 aromatic rings. The fourth-order valence-electron chi connectivity index (χ4n) is 2.38. The Bertz CT molecular complexity index is 461. The average Bonchev–Trinajstić information content (AvgIpc) is 2.89. The molecular formula is C13H12O2. The Hall–Kier alpha value is -1.57. The highest BCUT2D eigenvalue weighted by Gasteiger charge is 2.33. The summed E-state index contributed by atoms with van der Waals surface area (Å²) in [5.74, 6) is -0.129. The highest BCUT2D eigenvalue weighted by atomic mass is 16.5. The molecule has 76 valence electrons. The van der Waals surface area contributed by atoms with Crippen LogP contribution >= 0.6 is 0 Å². The molecule has 3 aliphatic rings. The highest BCUT2D eigenvalue weighted by molar-refractivity contribution is 5.73. The second-order valence-corrected chi connectivity index (χ2v) is 4.01. The number of hydrogen-bond donors (Lipinski definition) is 0. The van der Waals surface area contributed by atoms with Crippen LogP contribution in [-0.4, -0.2) is 12.1 Å². The van der Waals surface area contributed by atoms with Gasteiger partial charge in [0.2, 0.25) is 0 Å². The number of carbonyl (C=O) groups excluding carboxylic acids is 1. The van der Waals surface area contributed by atoms with E-state index in [1.165, 1.54) is 22.3 Å². The Morgan fingerprint density at radius 1 is 1.40 bits per heavy atom. The van der Waals surface area contributed by atoms with E-state index in [0.717, 1.165) is 6.42 Å². The third-order valence-electron chi connectivity index (χ3n) is 3.12. The number of esters is 1. The highest BCUT2D eigenvalue weighted by Crippen LogP contribution is 2.45. The quantitative estimate of drug-likeness (QED) is 0.640. The standard InChI is InChI=1S/C13H12O2/c1-2-12(14)15-11-6-5-10-8-3-4-9(7-8)13(10)11/h3-6,11H,2,7H2,1H3. The predicted octanol–water partition coefficient (Wildman–Crippen LogP) is 2.44.